The van der Waals surface area contributed by atoms with Gasteiger partial charge >= 0.3 is 118 Å². The van der Waals surface area contributed by atoms with E-state index in [-0.39, 0.29) is 165 Å². The van der Waals surface area contributed by atoms with Gasteiger partial charge in [-0.25, -0.2) is 53.6 Å². The summed E-state index contributed by atoms with van der Waals surface area (Å²) in [5, 5.41) is 11.0. The monoisotopic (exact) mass is 958 g/mol. The molecule has 0 atom stereocenters. The van der Waals surface area contributed by atoms with Gasteiger partial charge in [0.25, 0.3) is 0 Å². The molecule has 6 aromatic rings. The summed E-state index contributed by atoms with van der Waals surface area (Å²) < 4.78 is 141. The fraction of sp³-hybridized carbons (Fsp3) is 0. The van der Waals surface area contributed by atoms with E-state index in [1.165, 1.54) is 48.5 Å². The molecule has 0 aliphatic rings. The Morgan fingerprint density at radius 1 is 0.387 bits per heavy atom. The van der Waals surface area contributed by atoms with Crippen molar-refractivity contribution in [2.75, 3.05) is 21.3 Å². The van der Waals surface area contributed by atoms with Gasteiger partial charge in [0.15, 0.2) is 0 Å². The van der Waals surface area contributed by atoms with Crippen LogP contribution in [0.25, 0.3) is 12.2 Å². The number of nitrogens with zero attached hydrogens (tertiary/aromatic N) is 6. The van der Waals surface area contributed by atoms with Gasteiger partial charge in [-0.1, -0.05) is 24.3 Å². The maximum Gasteiger partial charge on any atom is 1.00 e. The Hall–Kier alpha value is -2.52. The zero-order valence-corrected chi connectivity index (χ0v) is 43.9. The van der Waals surface area contributed by atoms with Crippen molar-refractivity contribution < 1.29 is 170 Å². The number of hydrogen-bond donors (Lipinski definition) is 4. The van der Waals surface area contributed by atoms with Crippen molar-refractivity contribution in [3.05, 3.63) is 109 Å². The molecule has 30 heteroatoms. The number of rotatable bonds is 14. The van der Waals surface area contributed by atoms with Crippen LogP contribution in [0, 0.1) is 0 Å². The van der Waals surface area contributed by atoms with Gasteiger partial charge in [-0.05, 0) is 83.9 Å². The van der Waals surface area contributed by atoms with Gasteiger partial charge in [-0.3, -0.25) is 0 Å². The fourth-order valence-electron chi connectivity index (χ4n) is 4.87. The quantitative estimate of drug-likeness (QED) is 0.0447. The maximum atomic E-state index is 12.3. The minimum Gasteiger partial charge on any atom is -0.744 e. The number of aromatic nitrogens is 6. The van der Waals surface area contributed by atoms with E-state index in [9.17, 15) is 51.9 Å². The summed E-state index contributed by atoms with van der Waals surface area (Å²) in [5.41, 5.74) is 0.361. The smallest absolute Gasteiger partial charge is 0.744 e. The summed E-state index contributed by atoms with van der Waals surface area (Å²) in [6, 6.07) is 16.6. The maximum absolute atomic E-state index is 12.3. The first-order chi connectivity index (χ1) is 27.2. The van der Waals surface area contributed by atoms with E-state index in [1.54, 1.807) is 0 Å². The molecule has 4 N–H and O–H groups in total. The van der Waals surface area contributed by atoms with Crippen LogP contribution in [0.15, 0.2) is 117 Å². The normalized spacial score (nSPS) is 11.5. The molecule has 2 aromatic heterocycles. The topological polar surface area (TPSA) is 354 Å². The second-order valence-corrected chi connectivity index (χ2v) is 16.9. The Kier molecular flexibility index (Phi) is 20.7. The summed E-state index contributed by atoms with van der Waals surface area (Å²) in [7, 11) is -19.6. The molecule has 0 aliphatic heterocycles. The van der Waals surface area contributed by atoms with Gasteiger partial charge in [0.1, 0.15) is 53.1 Å². The van der Waals surface area contributed by atoms with Crippen molar-refractivity contribution in [2.45, 2.75) is 19.6 Å². The van der Waals surface area contributed by atoms with Crippen molar-refractivity contribution in [2.24, 2.45) is 0 Å². The summed E-state index contributed by atoms with van der Waals surface area (Å²) in [4.78, 5) is 21.6. The molecule has 0 bridgehead atoms. The molecular formula is C32H22N10Na4O12S4. The van der Waals surface area contributed by atoms with Crippen molar-refractivity contribution in [1.82, 2.24) is 29.9 Å². The molecule has 4 aromatic carbocycles. The van der Waals surface area contributed by atoms with E-state index in [0.717, 1.165) is 61.2 Å². The molecule has 300 valence electrons. The Bertz CT molecular complexity index is 2830. The average Bonchev–Trinajstić information content (AvgIpc) is 3.14. The largest absolute Gasteiger partial charge is 1.00 e. The SMILES string of the molecule is O=S(=O)([O-])c1ccc(Nc2ncnc(Nc3ccc(/C=C/c4ccc(Nc5ncnc(Nc6ccc(S(=O)(=O)[O-])cc6)n5)cc4S(=O)(=O)[O-])c(S(=O)(=O)[O-])c3)n2)cc1.[Na+].[Na+].[Na+].[Na+]. The fourth-order valence-corrected chi connectivity index (χ4v) is 7.20. The molecule has 62 heavy (non-hydrogen) atoms. The predicted octanol–water partition coefficient (Wildman–Crippen LogP) is -9.17. The second kappa shape index (κ2) is 23.1. The van der Waals surface area contributed by atoms with Crippen LogP contribution in [0.5, 0.6) is 0 Å². The third-order valence-corrected chi connectivity index (χ3v) is 10.9. The van der Waals surface area contributed by atoms with E-state index < -0.39 is 60.1 Å². The minimum absolute atomic E-state index is 0. The van der Waals surface area contributed by atoms with Crippen LogP contribution in [0.3, 0.4) is 0 Å². The molecule has 0 amide bonds. The van der Waals surface area contributed by atoms with Crippen molar-refractivity contribution in [1.29, 1.82) is 0 Å². The van der Waals surface area contributed by atoms with Crippen LogP contribution in [0.1, 0.15) is 11.1 Å². The number of nitrogens with one attached hydrogen (secondary N) is 4. The van der Waals surface area contributed by atoms with Crippen LogP contribution in [0.4, 0.5) is 46.5 Å². The van der Waals surface area contributed by atoms with Gasteiger partial charge in [0.05, 0.1) is 19.6 Å². The van der Waals surface area contributed by atoms with E-state index in [2.05, 4.69) is 51.2 Å². The molecule has 0 saturated heterocycles. The predicted molar refractivity (Wildman–Crippen MR) is 199 cm³/mol. The molecule has 0 spiro atoms. The minimum atomic E-state index is -5.15. The van der Waals surface area contributed by atoms with Gasteiger partial charge in [0.2, 0.25) is 23.8 Å². The zero-order chi connectivity index (χ0) is 41.9. The van der Waals surface area contributed by atoms with E-state index >= 15 is 0 Å². The van der Waals surface area contributed by atoms with Crippen LogP contribution in [0.2, 0.25) is 0 Å². The molecule has 0 aliphatic carbocycles. The number of benzene rings is 4. The van der Waals surface area contributed by atoms with Crippen molar-refractivity contribution in [3.8, 4) is 0 Å². The van der Waals surface area contributed by atoms with E-state index in [1.807, 2.05) is 0 Å². The van der Waals surface area contributed by atoms with Crippen LogP contribution >= 0.6 is 0 Å². The van der Waals surface area contributed by atoms with Crippen LogP contribution in [-0.2, 0) is 40.5 Å². The first-order valence-corrected chi connectivity index (χ1v) is 21.3. The Morgan fingerprint density at radius 3 is 0.935 bits per heavy atom. The summed E-state index contributed by atoms with van der Waals surface area (Å²) in [6.07, 6.45) is 4.41. The summed E-state index contributed by atoms with van der Waals surface area (Å²) in [5.74, 6) is -0.282. The second-order valence-electron chi connectivity index (χ2n) is 11.5. The van der Waals surface area contributed by atoms with E-state index in [4.69, 9.17) is 0 Å². The Balaban J connectivity index is 0.00000331. The molecule has 0 radical (unpaired) electrons. The number of anilines is 8. The van der Waals surface area contributed by atoms with Gasteiger partial charge in [-0.15, -0.1) is 0 Å². The van der Waals surface area contributed by atoms with Gasteiger partial charge in [0, 0.05) is 22.7 Å². The molecule has 0 unspecified atom stereocenters. The molecule has 6 rings (SSSR count). The zero-order valence-electron chi connectivity index (χ0n) is 32.6. The standard InChI is InChI=1S/C32H26N10O12S4.4Na/c43-55(44,45)25-11-7-21(8-12-25)37-29-33-17-35-31(41-29)39-23-5-3-19(27(15-23)57(49,50)51)1-2-20-4-6-24(16-28(20)58(52,53)54)40-32-36-18-34-30(42-32)38-22-9-13-26(14-10-22)56(46,47)48;;;;/h1-18H,(H,43,44,45)(H,46,47,48)(H,49,50,51)(H,52,53,54)(H2,33,35,37,39,41)(H2,34,36,38,40,42);;;;/q;4*+1/p-4/b2-1+;;;;. The Morgan fingerprint density at radius 2 is 0.661 bits per heavy atom. The van der Waals surface area contributed by atoms with Crippen LogP contribution < -0.4 is 139 Å². The first-order valence-electron chi connectivity index (χ1n) is 15.7. The third-order valence-electron chi connectivity index (χ3n) is 7.46. The molecule has 22 nitrogen and oxygen atoms in total. The van der Waals surface area contributed by atoms with Crippen molar-refractivity contribution in [3.63, 3.8) is 0 Å². The molecule has 2 heterocycles. The van der Waals surface area contributed by atoms with Crippen molar-refractivity contribution >= 4 is 99.2 Å². The summed E-state index contributed by atoms with van der Waals surface area (Å²) in [6.45, 7) is 0. The first kappa shape index (κ1) is 55.6. The van der Waals surface area contributed by atoms with Crippen LogP contribution in [-0.4, -0.2) is 81.8 Å². The summed E-state index contributed by atoms with van der Waals surface area (Å²) >= 11 is 0. The molecule has 0 saturated carbocycles. The number of hydrogen-bond acceptors (Lipinski definition) is 22. The van der Waals surface area contributed by atoms with E-state index in [0.29, 0.717) is 11.4 Å². The third kappa shape index (κ3) is 15.6. The van der Waals surface area contributed by atoms with Gasteiger partial charge in [-0.2, -0.15) is 9.97 Å². The Labute approximate surface area is 442 Å². The molecular weight excluding hydrogens is 937 g/mol. The molecule has 0 fully saturated rings. The average molecular weight is 959 g/mol. The van der Waals surface area contributed by atoms with Gasteiger partial charge < -0.3 is 39.5 Å².